The predicted octanol–water partition coefficient (Wildman–Crippen LogP) is 2.69. The van der Waals surface area contributed by atoms with Crippen LogP contribution in [0.2, 0.25) is 0 Å². The number of ether oxygens (including phenoxy) is 1. The molecule has 0 aromatic heterocycles. The molecule has 2 aromatic carbocycles. The van der Waals surface area contributed by atoms with Crippen molar-refractivity contribution in [1.82, 2.24) is 9.62 Å². The minimum atomic E-state index is -3.55. The Morgan fingerprint density at radius 3 is 2.45 bits per heavy atom. The van der Waals surface area contributed by atoms with Crippen LogP contribution in [0.3, 0.4) is 0 Å². The molecular formula is C22H26N2O4S. The number of fused-ring (bicyclic) bond motifs is 1. The summed E-state index contributed by atoms with van der Waals surface area (Å²) in [5.41, 5.74) is 4.31. The third kappa shape index (κ3) is 4.22. The number of rotatable bonds is 5. The van der Waals surface area contributed by atoms with Crippen LogP contribution in [0.25, 0.3) is 0 Å². The number of nitrogens with zero attached hydrogens (tertiary/aromatic N) is 1. The molecule has 1 unspecified atom stereocenters. The molecule has 0 saturated carbocycles. The molecule has 1 aliphatic carbocycles. The van der Waals surface area contributed by atoms with E-state index >= 15 is 0 Å². The number of aryl methyl sites for hydroxylation is 2. The van der Waals surface area contributed by atoms with Crippen LogP contribution in [-0.4, -0.2) is 44.9 Å². The second-order valence-corrected chi connectivity index (χ2v) is 9.56. The predicted molar refractivity (Wildman–Crippen MR) is 110 cm³/mol. The van der Waals surface area contributed by atoms with Gasteiger partial charge in [-0.2, -0.15) is 4.31 Å². The molecule has 1 atom stereocenters. The van der Waals surface area contributed by atoms with Crippen molar-refractivity contribution in [3.8, 4) is 0 Å². The SMILES string of the molecule is CC(NC(=O)c1ccc(S(=O)(=O)N2CCOCC2)cc1)c1ccc2c(c1)CCC2. The Bertz CT molecular complexity index is 996. The fourth-order valence-electron chi connectivity index (χ4n) is 3.94. The maximum absolute atomic E-state index is 12.7. The lowest BCUT2D eigenvalue weighted by Crippen LogP contribution is -2.40. The molecule has 0 spiro atoms. The average molecular weight is 415 g/mol. The van der Waals surface area contributed by atoms with E-state index in [0.29, 0.717) is 31.9 Å². The Labute approximate surface area is 171 Å². The molecule has 1 N–H and O–H groups in total. The van der Waals surface area contributed by atoms with E-state index in [0.717, 1.165) is 18.4 Å². The first kappa shape index (κ1) is 20.1. The van der Waals surface area contributed by atoms with Gasteiger partial charge in [0.1, 0.15) is 0 Å². The topological polar surface area (TPSA) is 75.7 Å². The zero-order valence-corrected chi connectivity index (χ0v) is 17.4. The highest BCUT2D eigenvalue weighted by Gasteiger charge is 2.26. The van der Waals surface area contributed by atoms with Crippen molar-refractivity contribution in [3.63, 3.8) is 0 Å². The second kappa shape index (κ2) is 8.26. The number of morpholine rings is 1. The van der Waals surface area contributed by atoms with Crippen LogP contribution >= 0.6 is 0 Å². The maximum atomic E-state index is 12.7. The van der Waals surface area contributed by atoms with Gasteiger partial charge in [-0.15, -0.1) is 0 Å². The fraction of sp³-hybridized carbons (Fsp3) is 0.409. The number of sulfonamides is 1. The van der Waals surface area contributed by atoms with Crippen molar-refractivity contribution in [2.24, 2.45) is 0 Å². The summed E-state index contributed by atoms with van der Waals surface area (Å²) in [5.74, 6) is -0.215. The number of carbonyl (C=O) groups excluding carboxylic acids is 1. The Morgan fingerprint density at radius 2 is 1.72 bits per heavy atom. The van der Waals surface area contributed by atoms with Crippen molar-refractivity contribution in [2.45, 2.75) is 37.1 Å². The monoisotopic (exact) mass is 414 g/mol. The van der Waals surface area contributed by atoms with Crippen molar-refractivity contribution >= 4 is 15.9 Å². The maximum Gasteiger partial charge on any atom is 0.251 e. The van der Waals surface area contributed by atoms with Gasteiger partial charge >= 0.3 is 0 Å². The molecule has 1 amide bonds. The summed E-state index contributed by atoms with van der Waals surface area (Å²) in [4.78, 5) is 12.8. The average Bonchev–Trinajstić information content (AvgIpc) is 3.22. The molecule has 2 aliphatic rings. The van der Waals surface area contributed by atoms with Crippen LogP contribution in [-0.2, 0) is 27.6 Å². The van der Waals surface area contributed by atoms with E-state index in [9.17, 15) is 13.2 Å². The molecule has 1 heterocycles. The summed E-state index contributed by atoms with van der Waals surface area (Å²) < 4.78 is 32.0. The van der Waals surface area contributed by atoms with Gasteiger partial charge in [-0.1, -0.05) is 18.2 Å². The Hall–Kier alpha value is -2.22. The number of benzene rings is 2. The zero-order chi connectivity index (χ0) is 20.4. The number of hydrogen-bond acceptors (Lipinski definition) is 4. The molecule has 0 bridgehead atoms. The van der Waals surface area contributed by atoms with Crippen LogP contribution in [0, 0.1) is 0 Å². The van der Waals surface area contributed by atoms with Gasteiger partial charge < -0.3 is 10.1 Å². The quantitative estimate of drug-likeness (QED) is 0.816. The first-order chi connectivity index (χ1) is 13.9. The van der Waals surface area contributed by atoms with Crippen molar-refractivity contribution < 1.29 is 17.9 Å². The van der Waals surface area contributed by atoms with E-state index in [-0.39, 0.29) is 16.8 Å². The molecule has 0 radical (unpaired) electrons. The molecular weight excluding hydrogens is 388 g/mol. The Kier molecular flexibility index (Phi) is 5.72. The molecule has 1 fully saturated rings. The molecule has 7 heteroatoms. The summed E-state index contributed by atoms with van der Waals surface area (Å²) in [6.45, 7) is 3.47. The highest BCUT2D eigenvalue weighted by molar-refractivity contribution is 7.89. The summed E-state index contributed by atoms with van der Waals surface area (Å²) in [6.07, 6.45) is 3.43. The van der Waals surface area contributed by atoms with Gasteiger partial charge in [0.25, 0.3) is 5.91 Å². The number of amides is 1. The number of carbonyl (C=O) groups is 1. The van der Waals surface area contributed by atoms with Crippen LogP contribution in [0.1, 0.15) is 46.4 Å². The lowest BCUT2D eigenvalue weighted by atomic mass is 10.0. The fourth-order valence-corrected chi connectivity index (χ4v) is 5.35. The zero-order valence-electron chi connectivity index (χ0n) is 16.6. The van der Waals surface area contributed by atoms with Crippen molar-refractivity contribution in [1.29, 1.82) is 0 Å². The molecule has 2 aromatic rings. The van der Waals surface area contributed by atoms with Crippen LogP contribution in [0.15, 0.2) is 47.4 Å². The van der Waals surface area contributed by atoms with E-state index in [1.54, 1.807) is 12.1 Å². The minimum Gasteiger partial charge on any atom is -0.379 e. The van der Waals surface area contributed by atoms with Gasteiger partial charge in [-0.25, -0.2) is 8.42 Å². The molecule has 1 aliphatic heterocycles. The van der Waals surface area contributed by atoms with E-state index in [1.807, 2.05) is 6.92 Å². The van der Waals surface area contributed by atoms with Crippen molar-refractivity contribution in [2.75, 3.05) is 26.3 Å². The van der Waals surface area contributed by atoms with E-state index in [4.69, 9.17) is 4.74 Å². The molecule has 1 saturated heterocycles. The van der Waals surface area contributed by atoms with Gasteiger partial charge in [0, 0.05) is 18.7 Å². The second-order valence-electron chi connectivity index (χ2n) is 7.62. The lowest BCUT2D eigenvalue weighted by molar-refractivity contribution is 0.0730. The summed E-state index contributed by atoms with van der Waals surface area (Å²) >= 11 is 0. The van der Waals surface area contributed by atoms with E-state index in [2.05, 4.69) is 23.5 Å². The summed E-state index contributed by atoms with van der Waals surface area (Å²) in [6, 6.07) is 12.4. The largest absolute Gasteiger partial charge is 0.379 e. The first-order valence-electron chi connectivity index (χ1n) is 10.1. The van der Waals surface area contributed by atoms with Crippen LogP contribution < -0.4 is 5.32 Å². The highest BCUT2D eigenvalue weighted by Crippen LogP contribution is 2.25. The van der Waals surface area contributed by atoms with Crippen molar-refractivity contribution in [3.05, 3.63) is 64.7 Å². The van der Waals surface area contributed by atoms with Gasteiger partial charge in [0.15, 0.2) is 0 Å². The smallest absolute Gasteiger partial charge is 0.251 e. The summed E-state index contributed by atoms with van der Waals surface area (Å²) in [5, 5.41) is 3.01. The third-order valence-electron chi connectivity index (χ3n) is 5.69. The third-order valence-corrected chi connectivity index (χ3v) is 7.61. The van der Waals surface area contributed by atoms with Gasteiger partial charge in [0.2, 0.25) is 10.0 Å². The van der Waals surface area contributed by atoms with E-state index < -0.39 is 10.0 Å². The normalized spacial score (nSPS) is 18.2. The number of nitrogens with one attached hydrogen (secondary N) is 1. The van der Waals surface area contributed by atoms with Gasteiger partial charge in [0.05, 0.1) is 24.2 Å². The van der Waals surface area contributed by atoms with E-state index in [1.165, 1.54) is 34.0 Å². The standard InChI is InChI=1S/C22H26N2O4S/c1-16(19-6-5-17-3-2-4-20(17)15-19)23-22(25)18-7-9-21(10-8-18)29(26,27)24-11-13-28-14-12-24/h5-10,15-16H,2-4,11-14H2,1H3,(H,23,25). The molecule has 4 rings (SSSR count). The first-order valence-corrected chi connectivity index (χ1v) is 11.5. The van der Waals surface area contributed by atoms with Crippen LogP contribution in [0.5, 0.6) is 0 Å². The minimum absolute atomic E-state index is 0.120. The molecule has 154 valence electrons. The summed E-state index contributed by atoms with van der Waals surface area (Å²) in [7, 11) is -3.55. The van der Waals surface area contributed by atoms with Gasteiger partial charge in [-0.3, -0.25) is 4.79 Å². The van der Waals surface area contributed by atoms with Crippen LogP contribution in [0.4, 0.5) is 0 Å². The van der Waals surface area contributed by atoms with Gasteiger partial charge in [-0.05, 0) is 67.1 Å². The highest BCUT2D eigenvalue weighted by atomic mass is 32.2. The number of hydrogen-bond donors (Lipinski definition) is 1. The molecule has 6 nitrogen and oxygen atoms in total. The molecule has 29 heavy (non-hydrogen) atoms. The Morgan fingerprint density at radius 1 is 1.03 bits per heavy atom. The Balaban J connectivity index is 1.44. The lowest BCUT2D eigenvalue weighted by Gasteiger charge is -2.26.